The second-order valence-corrected chi connectivity index (χ2v) is 5.13. The topological polar surface area (TPSA) is 134 Å². The van der Waals surface area contributed by atoms with Gasteiger partial charge in [0.05, 0.1) is 16.3 Å². The molecule has 25 heavy (non-hydrogen) atoms. The Bertz CT molecular complexity index is 899. The summed E-state index contributed by atoms with van der Waals surface area (Å²) in [5.41, 5.74) is 7.27. The predicted molar refractivity (Wildman–Crippen MR) is 94.6 cm³/mol. The van der Waals surface area contributed by atoms with Crippen LogP contribution in [0.1, 0.15) is 5.56 Å². The van der Waals surface area contributed by atoms with E-state index >= 15 is 0 Å². The number of carbonyl (C=O) groups excluding carboxylic acids is 1. The molecule has 4 N–H and O–H groups in total. The number of aryl methyl sites for hydroxylation is 1. The second-order valence-electron chi connectivity index (χ2n) is 5.13. The van der Waals surface area contributed by atoms with Crippen LogP contribution in [0.25, 0.3) is 0 Å². The van der Waals surface area contributed by atoms with Crippen LogP contribution in [0.5, 0.6) is 0 Å². The average Bonchev–Trinajstić information content (AvgIpc) is 2.58. The summed E-state index contributed by atoms with van der Waals surface area (Å²) in [5, 5.41) is 25.3. The number of rotatable bonds is 5. The molecule has 0 atom stereocenters. The van der Waals surface area contributed by atoms with Crippen LogP contribution < -0.4 is 16.4 Å². The van der Waals surface area contributed by atoms with Gasteiger partial charge >= 0.3 is 0 Å². The van der Waals surface area contributed by atoms with Crippen molar-refractivity contribution in [3.63, 3.8) is 0 Å². The van der Waals surface area contributed by atoms with E-state index < -0.39 is 10.8 Å². The Morgan fingerprint density at radius 1 is 1.28 bits per heavy atom. The molecule has 0 aliphatic heterocycles. The van der Waals surface area contributed by atoms with Crippen LogP contribution in [-0.2, 0) is 4.79 Å². The van der Waals surface area contributed by atoms with Crippen LogP contribution in [0.15, 0.2) is 54.2 Å². The molecule has 2 aromatic rings. The van der Waals surface area contributed by atoms with E-state index in [4.69, 9.17) is 5.73 Å². The van der Waals surface area contributed by atoms with Gasteiger partial charge in [-0.3, -0.25) is 14.9 Å². The minimum atomic E-state index is -0.768. The molecule has 0 aliphatic rings. The Balaban J connectivity index is 2.20. The van der Waals surface area contributed by atoms with Gasteiger partial charge in [0.25, 0.3) is 11.6 Å². The third-order valence-electron chi connectivity index (χ3n) is 3.29. The molecule has 0 aromatic heterocycles. The van der Waals surface area contributed by atoms with Gasteiger partial charge in [-0.25, -0.2) is 0 Å². The number of hydrogen-bond donors (Lipinski definition) is 3. The maximum Gasteiger partial charge on any atom is 0.292 e. The fourth-order valence-electron chi connectivity index (χ4n) is 2.02. The number of nitro groups is 1. The molecule has 0 saturated carbocycles. The molecule has 8 heteroatoms. The molecule has 0 bridgehead atoms. The highest BCUT2D eigenvalue weighted by Crippen LogP contribution is 2.24. The fraction of sp³-hybridized carbons (Fsp3) is 0.0588. The first-order valence-electron chi connectivity index (χ1n) is 7.20. The number of nitrogens with two attached hydrogens (primary N) is 1. The largest absolute Gasteiger partial charge is 0.397 e. The predicted octanol–water partition coefficient (Wildman–Crippen LogP) is 2.94. The van der Waals surface area contributed by atoms with Crippen LogP contribution in [0.2, 0.25) is 0 Å². The zero-order valence-electron chi connectivity index (χ0n) is 13.3. The molecule has 2 aromatic carbocycles. The lowest BCUT2D eigenvalue weighted by molar-refractivity contribution is -0.383. The number of benzene rings is 2. The van der Waals surface area contributed by atoms with Gasteiger partial charge in [-0.2, -0.15) is 5.26 Å². The number of anilines is 3. The average molecular weight is 337 g/mol. The van der Waals surface area contributed by atoms with Gasteiger partial charge in [0.2, 0.25) is 0 Å². The van der Waals surface area contributed by atoms with E-state index in [0.29, 0.717) is 11.4 Å². The number of nitrogens with zero attached hydrogens (tertiary/aromatic N) is 2. The number of para-hydroxylation sites is 2. The Hall–Kier alpha value is -3.86. The number of amides is 1. The van der Waals surface area contributed by atoms with Crippen LogP contribution in [0.4, 0.5) is 22.7 Å². The zero-order chi connectivity index (χ0) is 18.4. The van der Waals surface area contributed by atoms with Crippen LogP contribution in [0, 0.1) is 28.4 Å². The van der Waals surface area contributed by atoms with E-state index in [0.717, 1.165) is 5.56 Å². The second kappa shape index (κ2) is 7.61. The van der Waals surface area contributed by atoms with Crippen molar-refractivity contribution in [1.29, 1.82) is 5.26 Å². The summed E-state index contributed by atoms with van der Waals surface area (Å²) in [4.78, 5) is 22.6. The van der Waals surface area contributed by atoms with Crippen molar-refractivity contribution in [2.45, 2.75) is 6.92 Å². The number of nitriles is 1. The summed E-state index contributed by atoms with van der Waals surface area (Å²) < 4.78 is 0. The zero-order valence-corrected chi connectivity index (χ0v) is 13.3. The molecule has 0 saturated heterocycles. The molecule has 8 nitrogen and oxygen atoms in total. The summed E-state index contributed by atoms with van der Waals surface area (Å²) >= 11 is 0. The number of nitrogens with one attached hydrogen (secondary N) is 2. The van der Waals surface area contributed by atoms with E-state index in [1.165, 1.54) is 24.4 Å². The molecule has 0 radical (unpaired) electrons. The van der Waals surface area contributed by atoms with E-state index in [2.05, 4.69) is 10.6 Å². The van der Waals surface area contributed by atoms with E-state index in [1.807, 2.05) is 13.0 Å². The lowest BCUT2D eigenvalue weighted by Gasteiger charge is -2.08. The quantitative estimate of drug-likeness (QED) is 0.252. The van der Waals surface area contributed by atoms with Crippen LogP contribution >= 0.6 is 0 Å². The molecule has 1 amide bonds. The van der Waals surface area contributed by atoms with Gasteiger partial charge < -0.3 is 16.4 Å². The fourth-order valence-corrected chi connectivity index (χ4v) is 2.02. The first-order valence-corrected chi connectivity index (χ1v) is 7.20. The molecular formula is C17H15N5O3. The van der Waals surface area contributed by atoms with Crippen molar-refractivity contribution in [2.75, 3.05) is 16.4 Å². The highest BCUT2D eigenvalue weighted by molar-refractivity contribution is 6.07. The summed E-state index contributed by atoms with van der Waals surface area (Å²) in [6.45, 7) is 1.88. The van der Waals surface area contributed by atoms with Crippen LogP contribution in [0.3, 0.4) is 0 Å². The summed E-state index contributed by atoms with van der Waals surface area (Å²) in [6.07, 6.45) is 1.20. The SMILES string of the molecule is Cc1ccc(N)c(N/C=C(/C#N)C(=O)Nc2ccccc2[N+](=O)[O-])c1. The Kier molecular flexibility index (Phi) is 5.32. The van der Waals surface area contributed by atoms with E-state index in [-0.39, 0.29) is 16.9 Å². The van der Waals surface area contributed by atoms with Crippen molar-refractivity contribution in [3.05, 3.63) is 69.9 Å². The summed E-state index contributed by atoms with van der Waals surface area (Å²) in [6, 6.07) is 12.7. The minimum absolute atomic E-state index is 0.00807. The van der Waals surface area contributed by atoms with Crippen molar-refractivity contribution in [2.24, 2.45) is 0 Å². The van der Waals surface area contributed by atoms with Gasteiger partial charge in [0.1, 0.15) is 17.3 Å². The van der Waals surface area contributed by atoms with E-state index in [1.54, 1.807) is 24.3 Å². The van der Waals surface area contributed by atoms with Gasteiger partial charge in [-0.1, -0.05) is 18.2 Å². The molecule has 0 unspecified atom stereocenters. The van der Waals surface area contributed by atoms with Gasteiger partial charge in [-0.05, 0) is 30.7 Å². The number of nitrogen functional groups attached to an aromatic ring is 1. The van der Waals surface area contributed by atoms with Crippen molar-refractivity contribution in [1.82, 2.24) is 0 Å². The Labute approximate surface area is 143 Å². The number of nitro benzene ring substituents is 1. The maximum atomic E-state index is 12.2. The highest BCUT2D eigenvalue weighted by atomic mass is 16.6. The van der Waals surface area contributed by atoms with Gasteiger partial charge in [0.15, 0.2) is 0 Å². The molecule has 0 fully saturated rings. The summed E-state index contributed by atoms with van der Waals surface area (Å²) in [7, 11) is 0. The van der Waals surface area contributed by atoms with Crippen molar-refractivity contribution in [3.8, 4) is 6.07 Å². The Morgan fingerprint density at radius 3 is 2.68 bits per heavy atom. The third kappa shape index (κ3) is 4.33. The van der Waals surface area contributed by atoms with Gasteiger partial charge in [-0.15, -0.1) is 0 Å². The lowest BCUT2D eigenvalue weighted by Crippen LogP contribution is -2.15. The van der Waals surface area contributed by atoms with Crippen molar-refractivity contribution < 1.29 is 9.72 Å². The molecule has 0 heterocycles. The van der Waals surface area contributed by atoms with Crippen molar-refractivity contribution >= 4 is 28.7 Å². The molecule has 0 aliphatic carbocycles. The normalized spacial score (nSPS) is 10.6. The maximum absolute atomic E-state index is 12.2. The third-order valence-corrected chi connectivity index (χ3v) is 3.29. The molecular weight excluding hydrogens is 322 g/mol. The summed E-state index contributed by atoms with van der Waals surface area (Å²) in [5.74, 6) is -0.768. The molecule has 2 rings (SSSR count). The standard InChI is InChI=1S/C17H15N5O3/c1-11-6-7-13(19)15(8-11)20-10-12(9-18)17(23)21-14-4-2-3-5-16(14)22(24)25/h2-8,10,20H,19H2,1H3,(H,21,23)/b12-10-. The minimum Gasteiger partial charge on any atom is -0.397 e. The van der Waals surface area contributed by atoms with Crippen LogP contribution in [-0.4, -0.2) is 10.8 Å². The van der Waals surface area contributed by atoms with Gasteiger partial charge in [0, 0.05) is 12.3 Å². The lowest BCUT2D eigenvalue weighted by atomic mass is 10.2. The first kappa shape index (κ1) is 17.5. The monoisotopic (exact) mass is 337 g/mol. The first-order chi connectivity index (χ1) is 11.9. The molecule has 0 spiro atoms. The Morgan fingerprint density at radius 2 is 2.00 bits per heavy atom. The highest BCUT2D eigenvalue weighted by Gasteiger charge is 2.17. The van der Waals surface area contributed by atoms with E-state index in [9.17, 15) is 20.2 Å². The molecule has 126 valence electrons. The number of hydrogen-bond acceptors (Lipinski definition) is 6. The number of carbonyl (C=O) groups is 1. The smallest absolute Gasteiger partial charge is 0.292 e.